The molecule has 4 saturated heterocycles. The van der Waals surface area contributed by atoms with Gasteiger partial charge >= 0.3 is 8.56 Å². The second kappa shape index (κ2) is 10.9. The summed E-state index contributed by atoms with van der Waals surface area (Å²) in [5.74, 6) is 0.175. The fraction of sp³-hybridized carbons (Fsp3) is 0.806. The van der Waals surface area contributed by atoms with E-state index in [0.717, 1.165) is 17.7 Å². The zero-order valence-electron chi connectivity index (χ0n) is 25.8. The van der Waals surface area contributed by atoms with E-state index in [0.29, 0.717) is 26.1 Å². The largest absolute Gasteiger partial charge is 0.497 e. The maximum atomic E-state index is 11.1. The fourth-order valence-electron chi connectivity index (χ4n) is 7.66. The van der Waals surface area contributed by atoms with Gasteiger partial charge in [-0.1, -0.05) is 67.5 Å². The molecule has 1 aromatic carbocycles. The van der Waals surface area contributed by atoms with Crippen LogP contribution in [0.4, 0.5) is 0 Å². The molecule has 0 bridgehead atoms. The molecule has 1 N–H and O–H groups in total. The van der Waals surface area contributed by atoms with E-state index in [9.17, 15) is 5.11 Å². The lowest BCUT2D eigenvalue weighted by molar-refractivity contribution is -0.405. The molecule has 9 atom stereocenters. The number of hydrogen-bond acceptors (Lipinski definition) is 8. The summed E-state index contributed by atoms with van der Waals surface area (Å²) in [6.07, 6.45) is 0.0895. The Balaban J connectivity index is 1.26. The summed E-state index contributed by atoms with van der Waals surface area (Å²) in [7, 11) is -0.971. The lowest BCUT2D eigenvalue weighted by Gasteiger charge is -2.59. The summed E-state index contributed by atoms with van der Waals surface area (Å²) in [5, 5.41) is 10.9. The van der Waals surface area contributed by atoms with Crippen molar-refractivity contribution in [3.8, 4) is 5.75 Å². The summed E-state index contributed by atoms with van der Waals surface area (Å²) in [6.45, 7) is 18.7. The minimum atomic E-state index is -2.62. The molecule has 226 valence electrons. The van der Waals surface area contributed by atoms with Gasteiger partial charge in [0.05, 0.1) is 38.6 Å². The highest BCUT2D eigenvalue weighted by Crippen LogP contribution is 2.56. The van der Waals surface area contributed by atoms with E-state index in [-0.39, 0.29) is 46.3 Å². The Morgan fingerprint density at radius 3 is 2.17 bits per heavy atom. The highest BCUT2D eigenvalue weighted by Gasteiger charge is 2.64. The van der Waals surface area contributed by atoms with Crippen LogP contribution in [0.25, 0.3) is 0 Å². The second-order valence-corrected chi connectivity index (χ2v) is 19.3. The lowest BCUT2D eigenvalue weighted by Crippen LogP contribution is -2.69. The number of aliphatic hydroxyl groups is 1. The number of methoxy groups -OCH3 is 1. The topological polar surface area (TPSA) is 84.8 Å². The molecule has 4 heterocycles. The van der Waals surface area contributed by atoms with Crippen LogP contribution in [0.1, 0.15) is 80.2 Å². The molecule has 0 aliphatic carbocycles. The van der Waals surface area contributed by atoms with Crippen LogP contribution in [0.15, 0.2) is 24.3 Å². The predicted octanol–water partition coefficient (Wildman–Crippen LogP) is 5.69. The first-order chi connectivity index (χ1) is 18.7. The molecule has 0 radical (unpaired) electrons. The minimum Gasteiger partial charge on any atom is -0.497 e. The number of ether oxygens (including phenoxy) is 5. The van der Waals surface area contributed by atoms with Crippen molar-refractivity contribution in [2.75, 3.05) is 13.7 Å². The highest BCUT2D eigenvalue weighted by atomic mass is 28.4. The molecule has 0 aromatic heterocycles. The Morgan fingerprint density at radius 2 is 1.57 bits per heavy atom. The monoisotopic (exact) mass is 578 g/mol. The molecule has 4 fully saturated rings. The maximum Gasteiger partial charge on any atom is 0.349 e. The molecule has 1 unspecified atom stereocenters. The van der Waals surface area contributed by atoms with Gasteiger partial charge in [-0.3, -0.25) is 0 Å². The van der Waals surface area contributed by atoms with Crippen LogP contribution in [0, 0.1) is 11.8 Å². The van der Waals surface area contributed by atoms with E-state index in [1.807, 2.05) is 24.3 Å². The number of hydrogen-bond donors (Lipinski definition) is 1. The fourth-order valence-corrected chi connectivity index (χ4v) is 12.6. The normalized spacial score (nSPS) is 39.9. The summed E-state index contributed by atoms with van der Waals surface area (Å²) in [4.78, 5) is 0. The van der Waals surface area contributed by atoms with Crippen LogP contribution >= 0.6 is 0 Å². The number of benzene rings is 1. The first-order valence-electron chi connectivity index (χ1n) is 14.9. The third kappa shape index (κ3) is 5.53. The summed E-state index contributed by atoms with van der Waals surface area (Å²) in [5.41, 5.74) is 1.02. The van der Waals surface area contributed by atoms with Crippen LogP contribution in [0.5, 0.6) is 5.75 Å². The van der Waals surface area contributed by atoms with Crippen molar-refractivity contribution in [2.45, 2.75) is 134 Å². The van der Waals surface area contributed by atoms with Crippen molar-refractivity contribution in [1.29, 1.82) is 0 Å². The quantitative estimate of drug-likeness (QED) is 0.456. The van der Waals surface area contributed by atoms with Crippen molar-refractivity contribution in [1.82, 2.24) is 0 Å². The molecule has 0 saturated carbocycles. The van der Waals surface area contributed by atoms with E-state index in [1.54, 1.807) is 7.11 Å². The first kappa shape index (κ1) is 30.4. The molecule has 4 aliphatic rings. The average Bonchev–Trinajstić information content (AvgIpc) is 2.86. The molecule has 4 aliphatic heterocycles. The van der Waals surface area contributed by atoms with Crippen molar-refractivity contribution in [3.05, 3.63) is 29.8 Å². The van der Waals surface area contributed by atoms with Crippen molar-refractivity contribution in [3.63, 3.8) is 0 Å². The van der Waals surface area contributed by atoms with Crippen LogP contribution in [-0.4, -0.2) is 70.0 Å². The third-order valence-corrected chi connectivity index (χ3v) is 14.4. The minimum absolute atomic E-state index is 0.0455. The summed E-state index contributed by atoms with van der Waals surface area (Å²) in [6, 6.07) is 7.76. The van der Waals surface area contributed by atoms with E-state index in [4.69, 9.17) is 32.5 Å². The Kier molecular flexibility index (Phi) is 8.29. The van der Waals surface area contributed by atoms with E-state index in [2.05, 4.69) is 55.4 Å². The Morgan fingerprint density at radius 1 is 0.925 bits per heavy atom. The van der Waals surface area contributed by atoms with Crippen LogP contribution in [0.3, 0.4) is 0 Å². The standard InChI is InChI=1S/C31H50O8Si/c1-19-15-31(16-20(2)27(28(32)38-31)34-17-21-10-12-22(33-9)13-11-21)37-24-14-23-25(36-26(19)24)18-35-40(39-23,29(3,4)5)30(6,7)8/h10-13,19-20,23-28,32H,14-18H2,1-9H3/t19-,20-,23+,24-,25+,26-,27-,28?,31+/m0/s1. The van der Waals surface area contributed by atoms with Gasteiger partial charge in [-0.15, -0.1) is 0 Å². The first-order valence-corrected chi connectivity index (χ1v) is 16.7. The Hall–Kier alpha value is -1.04. The maximum absolute atomic E-state index is 11.1. The van der Waals surface area contributed by atoms with Gasteiger partial charge in [0, 0.05) is 29.3 Å². The zero-order valence-corrected chi connectivity index (χ0v) is 26.8. The average molecular weight is 579 g/mol. The third-order valence-electron chi connectivity index (χ3n) is 9.29. The smallest absolute Gasteiger partial charge is 0.349 e. The number of fused-ring (bicyclic) bond motifs is 2. The summed E-state index contributed by atoms with van der Waals surface area (Å²) >= 11 is 0. The van der Waals surface area contributed by atoms with E-state index >= 15 is 0 Å². The van der Waals surface area contributed by atoms with Crippen LogP contribution < -0.4 is 4.74 Å². The number of aliphatic hydroxyl groups excluding tert-OH is 1. The molecule has 0 amide bonds. The van der Waals surface area contributed by atoms with Gasteiger partial charge in [-0.05, 0) is 29.5 Å². The summed E-state index contributed by atoms with van der Waals surface area (Å²) < 4.78 is 44.8. The molecule has 8 nitrogen and oxygen atoms in total. The van der Waals surface area contributed by atoms with Gasteiger partial charge in [-0.2, -0.15) is 0 Å². The van der Waals surface area contributed by atoms with Crippen molar-refractivity contribution >= 4 is 8.56 Å². The van der Waals surface area contributed by atoms with Gasteiger partial charge in [0.1, 0.15) is 18.0 Å². The molecular formula is C31H50O8Si. The van der Waals surface area contributed by atoms with Gasteiger partial charge < -0.3 is 37.6 Å². The predicted molar refractivity (Wildman–Crippen MR) is 153 cm³/mol. The molecule has 40 heavy (non-hydrogen) atoms. The van der Waals surface area contributed by atoms with Crippen molar-refractivity contribution < 1.29 is 37.6 Å². The highest BCUT2D eigenvalue weighted by molar-refractivity contribution is 6.73. The molecule has 1 spiro atoms. The van der Waals surface area contributed by atoms with Gasteiger partial charge in [0.15, 0.2) is 12.1 Å². The molecule has 1 aromatic rings. The second-order valence-electron chi connectivity index (χ2n) is 14.5. The van der Waals surface area contributed by atoms with Crippen LogP contribution in [-0.2, 0) is 34.4 Å². The van der Waals surface area contributed by atoms with Gasteiger partial charge in [0.25, 0.3) is 0 Å². The Bertz CT molecular complexity index is 992. The SMILES string of the molecule is COc1ccc(CO[C@@H]2C(O)O[C@]3(C[C@H](C)[C@@H]4O[C@@H]5CO[Si](C(C)(C)C)(C(C)(C)C)O[C@@H]5C[C@@H]4O3)C[C@@H]2C)cc1. The van der Waals surface area contributed by atoms with Crippen molar-refractivity contribution in [2.24, 2.45) is 11.8 Å². The van der Waals surface area contributed by atoms with E-state index in [1.165, 1.54) is 0 Å². The molecular weight excluding hydrogens is 528 g/mol. The number of rotatable bonds is 4. The lowest BCUT2D eigenvalue weighted by atomic mass is 9.79. The Labute approximate surface area is 241 Å². The van der Waals surface area contributed by atoms with Gasteiger partial charge in [-0.25, -0.2) is 0 Å². The van der Waals surface area contributed by atoms with Gasteiger partial charge in [0.2, 0.25) is 0 Å². The zero-order chi connectivity index (χ0) is 29.1. The molecule has 5 rings (SSSR count). The molecule has 9 heteroatoms. The van der Waals surface area contributed by atoms with E-state index < -0.39 is 26.7 Å². The van der Waals surface area contributed by atoms with Crippen LogP contribution in [0.2, 0.25) is 10.1 Å².